The summed E-state index contributed by atoms with van der Waals surface area (Å²) >= 11 is 0. The highest BCUT2D eigenvalue weighted by molar-refractivity contribution is 5.74. The number of para-hydroxylation sites is 1. The Kier molecular flexibility index (Phi) is 3.57. The molecule has 124 valence electrons. The van der Waals surface area contributed by atoms with Crippen LogP contribution in [0.25, 0.3) is 16.7 Å². The summed E-state index contributed by atoms with van der Waals surface area (Å²) in [7, 11) is 0. The first-order valence-electron chi connectivity index (χ1n) is 7.44. The zero-order valence-corrected chi connectivity index (χ0v) is 12.8. The highest BCUT2D eigenvalue weighted by Crippen LogP contribution is 2.14. The third-order valence-corrected chi connectivity index (χ3v) is 3.78. The van der Waals surface area contributed by atoms with Crippen molar-refractivity contribution in [1.29, 1.82) is 0 Å². The van der Waals surface area contributed by atoms with Crippen molar-refractivity contribution in [2.75, 3.05) is 0 Å². The van der Waals surface area contributed by atoms with Gasteiger partial charge in [-0.1, -0.05) is 23.4 Å². The van der Waals surface area contributed by atoms with Crippen LogP contribution in [0.5, 0.6) is 0 Å². The summed E-state index contributed by atoms with van der Waals surface area (Å²) in [5.41, 5.74) is 0.578. The van der Waals surface area contributed by atoms with Crippen molar-refractivity contribution in [3.63, 3.8) is 0 Å². The molecule has 0 radical (unpaired) electrons. The van der Waals surface area contributed by atoms with Crippen molar-refractivity contribution in [2.24, 2.45) is 0 Å². The zero-order chi connectivity index (χ0) is 17.4. The van der Waals surface area contributed by atoms with Gasteiger partial charge < -0.3 is 0 Å². The zero-order valence-electron chi connectivity index (χ0n) is 12.8. The molecule has 8 heteroatoms. The number of hydrogen-bond acceptors (Lipinski definition) is 4. The molecule has 4 aromatic rings. The molecule has 4 rings (SSSR count). The van der Waals surface area contributed by atoms with E-state index in [1.54, 1.807) is 0 Å². The smallest absolute Gasteiger partial charge is 0.267 e. The number of rotatable bonds is 3. The van der Waals surface area contributed by atoms with Gasteiger partial charge in [0.1, 0.15) is 17.0 Å². The van der Waals surface area contributed by atoms with Gasteiger partial charge in [0.2, 0.25) is 0 Å². The van der Waals surface area contributed by atoms with E-state index in [4.69, 9.17) is 0 Å². The predicted octanol–water partition coefficient (Wildman–Crippen LogP) is 2.30. The van der Waals surface area contributed by atoms with Gasteiger partial charge in [-0.2, -0.15) is 5.10 Å². The maximum Gasteiger partial charge on any atom is 0.281 e. The number of hydrogen-bond donors (Lipinski definition) is 0. The van der Waals surface area contributed by atoms with Crippen LogP contribution in [0.15, 0.2) is 59.5 Å². The lowest BCUT2D eigenvalue weighted by molar-refractivity contribution is 0.544. The monoisotopic (exact) mass is 339 g/mol. The summed E-state index contributed by atoms with van der Waals surface area (Å²) in [5.74, 6) is -1.20. The standard InChI is InChI=1S/C17H11F2N5O/c18-12-6-7-15(19)11(8-12)10-23-17(25)14-9-20-24(16(14)21-22-23)13-4-2-1-3-5-13/h1-9H,10H2. The molecule has 0 saturated heterocycles. The van der Waals surface area contributed by atoms with Crippen molar-refractivity contribution in [2.45, 2.75) is 6.54 Å². The summed E-state index contributed by atoms with van der Waals surface area (Å²) in [5, 5.41) is 12.3. The van der Waals surface area contributed by atoms with E-state index in [0.29, 0.717) is 5.65 Å². The predicted molar refractivity (Wildman–Crippen MR) is 86.4 cm³/mol. The Labute approximate surface area is 139 Å². The van der Waals surface area contributed by atoms with Crippen LogP contribution in [-0.4, -0.2) is 24.8 Å². The number of benzene rings is 2. The van der Waals surface area contributed by atoms with Crippen molar-refractivity contribution in [1.82, 2.24) is 24.8 Å². The van der Waals surface area contributed by atoms with Crippen LogP contribution in [0, 0.1) is 11.6 Å². The van der Waals surface area contributed by atoms with Crippen molar-refractivity contribution < 1.29 is 8.78 Å². The van der Waals surface area contributed by atoms with Gasteiger partial charge in [0.15, 0.2) is 5.65 Å². The van der Waals surface area contributed by atoms with Crippen LogP contribution in [0.3, 0.4) is 0 Å². The average molecular weight is 339 g/mol. The molecule has 0 atom stereocenters. The summed E-state index contributed by atoms with van der Waals surface area (Å²) < 4.78 is 29.6. The second-order valence-electron chi connectivity index (χ2n) is 5.42. The molecular weight excluding hydrogens is 328 g/mol. The number of nitrogens with zero attached hydrogens (tertiary/aromatic N) is 5. The maximum absolute atomic E-state index is 13.8. The second kappa shape index (κ2) is 5.90. The van der Waals surface area contributed by atoms with Gasteiger partial charge in [-0.05, 0) is 30.3 Å². The Morgan fingerprint density at radius 2 is 1.84 bits per heavy atom. The highest BCUT2D eigenvalue weighted by atomic mass is 19.1. The highest BCUT2D eigenvalue weighted by Gasteiger charge is 2.14. The average Bonchev–Trinajstić information content (AvgIpc) is 3.06. The molecule has 0 N–H and O–H groups in total. The van der Waals surface area contributed by atoms with Crippen LogP contribution < -0.4 is 5.56 Å². The maximum atomic E-state index is 13.8. The first-order valence-corrected chi connectivity index (χ1v) is 7.44. The van der Waals surface area contributed by atoms with Gasteiger partial charge in [-0.15, -0.1) is 5.10 Å². The molecule has 0 amide bonds. The molecule has 2 aromatic heterocycles. The van der Waals surface area contributed by atoms with Crippen LogP contribution in [0.2, 0.25) is 0 Å². The third-order valence-electron chi connectivity index (χ3n) is 3.78. The van der Waals surface area contributed by atoms with E-state index in [2.05, 4.69) is 15.4 Å². The van der Waals surface area contributed by atoms with Crippen molar-refractivity contribution in [3.8, 4) is 5.69 Å². The minimum absolute atomic E-state index is 0.0196. The topological polar surface area (TPSA) is 65.6 Å². The van der Waals surface area contributed by atoms with Gasteiger partial charge in [-0.3, -0.25) is 4.79 Å². The fraction of sp³-hybridized carbons (Fsp3) is 0.0588. The summed E-state index contributed by atoms with van der Waals surface area (Å²) in [6.07, 6.45) is 1.39. The number of aromatic nitrogens is 5. The Morgan fingerprint density at radius 1 is 1.04 bits per heavy atom. The Morgan fingerprint density at radius 3 is 2.64 bits per heavy atom. The molecule has 2 aromatic carbocycles. The molecule has 0 spiro atoms. The number of halogens is 2. The molecule has 0 aliphatic carbocycles. The first kappa shape index (κ1) is 15.1. The van der Waals surface area contributed by atoms with Crippen molar-refractivity contribution in [3.05, 3.63) is 82.3 Å². The molecule has 0 saturated carbocycles. The Balaban J connectivity index is 1.79. The van der Waals surface area contributed by atoms with Gasteiger partial charge in [-0.25, -0.2) is 18.1 Å². The van der Waals surface area contributed by atoms with Gasteiger partial charge in [0, 0.05) is 5.56 Å². The summed E-state index contributed by atoms with van der Waals surface area (Å²) in [4.78, 5) is 12.6. The molecule has 0 unspecified atom stereocenters. The van der Waals surface area contributed by atoms with E-state index in [1.165, 1.54) is 10.9 Å². The lowest BCUT2D eigenvalue weighted by atomic mass is 10.2. The minimum Gasteiger partial charge on any atom is -0.267 e. The van der Waals surface area contributed by atoms with Gasteiger partial charge in [0.25, 0.3) is 5.56 Å². The van der Waals surface area contributed by atoms with Crippen molar-refractivity contribution >= 4 is 11.0 Å². The normalized spacial score (nSPS) is 11.1. The molecule has 0 fully saturated rings. The fourth-order valence-electron chi connectivity index (χ4n) is 2.55. The first-order chi connectivity index (χ1) is 12.1. The summed E-state index contributed by atoms with van der Waals surface area (Å²) in [6, 6.07) is 12.2. The van der Waals surface area contributed by atoms with E-state index in [9.17, 15) is 13.6 Å². The molecule has 25 heavy (non-hydrogen) atoms. The molecule has 0 bridgehead atoms. The quantitative estimate of drug-likeness (QED) is 0.574. The summed E-state index contributed by atoms with van der Waals surface area (Å²) in [6.45, 7) is -0.220. The van der Waals surface area contributed by atoms with E-state index in [-0.39, 0.29) is 17.5 Å². The largest absolute Gasteiger partial charge is 0.281 e. The molecule has 2 heterocycles. The fourth-order valence-corrected chi connectivity index (χ4v) is 2.55. The molecule has 6 nitrogen and oxygen atoms in total. The Bertz CT molecular complexity index is 1120. The van der Waals surface area contributed by atoms with Gasteiger partial charge in [0.05, 0.1) is 18.4 Å². The van der Waals surface area contributed by atoms with Gasteiger partial charge >= 0.3 is 0 Å². The van der Waals surface area contributed by atoms with E-state index in [1.807, 2.05) is 30.3 Å². The van der Waals surface area contributed by atoms with E-state index < -0.39 is 17.2 Å². The minimum atomic E-state index is -0.616. The SMILES string of the molecule is O=c1c2cnn(-c3ccccc3)c2nnn1Cc1cc(F)ccc1F. The molecular formula is C17H11F2N5O. The lowest BCUT2D eigenvalue weighted by Gasteiger charge is -2.06. The number of fused-ring (bicyclic) bond motifs is 1. The van der Waals surface area contributed by atoms with Crippen LogP contribution >= 0.6 is 0 Å². The third kappa shape index (κ3) is 2.67. The Hall–Kier alpha value is -3.42. The van der Waals surface area contributed by atoms with E-state index >= 15 is 0 Å². The van der Waals surface area contributed by atoms with E-state index in [0.717, 1.165) is 28.6 Å². The molecule has 0 aliphatic rings. The lowest BCUT2D eigenvalue weighted by Crippen LogP contribution is -2.25. The van der Waals surface area contributed by atoms with Crippen LogP contribution in [-0.2, 0) is 6.54 Å². The van der Waals surface area contributed by atoms with Crippen LogP contribution in [0.1, 0.15) is 5.56 Å². The van der Waals surface area contributed by atoms with Crippen LogP contribution in [0.4, 0.5) is 8.78 Å². The second-order valence-corrected chi connectivity index (χ2v) is 5.42. The molecule has 0 aliphatic heterocycles.